The van der Waals surface area contributed by atoms with Crippen LogP contribution in [0.15, 0.2) is 12.2 Å². The summed E-state index contributed by atoms with van der Waals surface area (Å²) in [4.78, 5) is 0. The molecule has 1 fully saturated rings. The van der Waals surface area contributed by atoms with Gasteiger partial charge in [0, 0.05) is 5.38 Å². The normalized spacial score (nSPS) is 31.8. The summed E-state index contributed by atoms with van der Waals surface area (Å²) in [5.74, 6) is 0.782. The standard InChI is InChI=1S/C10H17Cl/c1-2-3-4-5-9-6-7-10(11)8-9/h4-5,9-10H,2-3,6-8H2,1H3/b5-4+/t9?,10-/m1/s1. The van der Waals surface area contributed by atoms with Gasteiger partial charge in [0.15, 0.2) is 0 Å². The molecule has 0 heterocycles. The smallest absolute Gasteiger partial charge is 0.0341 e. The molecule has 0 spiro atoms. The van der Waals surface area contributed by atoms with E-state index in [0.29, 0.717) is 5.38 Å². The van der Waals surface area contributed by atoms with Gasteiger partial charge in [-0.2, -0.15) is 0 Å². The van der Waals surface area contributed by atoms with Crippen molar-refractivity contribution in [3.8, 4) is 0 Å². The Balaban J connectivity index is 2.17. The van der Waals surface area contributed by atoms with Gasteiger partial charge in [0.05, 0.1) is 0 Å². The third-order valence-corrected chi connectivity index (χ3v) is 2.67. The quantitative estimate of drug-likeness (QED) is 0.449. The van der Waals surface area contributed by atoms with Crippen molar-refractivity contribution < 1.29 is 0 Å². The van der Waals surface area contributed by atoms with Crippen LogP contribution in [0.2, 0.25) is 0 Å². The molecule has 0 aromatic rings. The van der Waals surface area contributed by atoms with Crippen LogP contribution in [0.4, 0.5) is 0 Å². The van der Waals surface area contributed by atoms with Crippen LogP contribution in [0.5, 0.6) is 0 Å². The van der Waals surface area contributed by atoms with Gasteiger partial charge in [-0.25, -0.2) is 0 Å². The minimum absolute atomic E-state index is 0.450. The summed E-state index contributed by atoms with van der Waals surface area (Å²) >= 11 is 5.99. The van der Waals surface area contributed by atoms with E-state index in [0.717, 1.165) is 5.92 Å². The van der Waals surface area contributed by atoms with E-state index in [4.69, 9.17) is 11.6 Å². The first-order valence-corrected chi connectivity index (χ1v) is 5.07. The summed E-state index contributed by atoms with van der Waals surface area (Å²) in [5.41, 5.74) is 0. The van der Waals surface area contributed by atoms with Gasteiger partial charge >= 0.3 is 0 Å². The third-order valence-electron chi connectivity index (χ3n) is 2.27. The van der Waals surface area contributed by atoms with Crippen LogP contribution in [-0.2, 0) is 0 Å². The van der Waals surface area contributed by atoms with Crippen molar-refractivity contribution in [2.75, 3.05) is 0 Å². The predicted octanol–water partition coefficient (Wildman–Crippen LogP) is 3.75. The Morgan fingerprint density at radius 2 is 2.27 bits per heavy atom. The van der Waals surface area contributed by atoms with Crippen LogP contribution < -0.4 is 0 Å². The second kappa shape index (κ2) is 4.82. The molecule has 1 rings (SSSR count). The van der Waals surface area contributed by atoms with E-state index < -0.39 is 0 Å². The zero-order valence-electron chi connectivity index (χ0n) is 7.22. The Bertz CT molecular complexity index is 129. The second-order valence-electron chi connectivity index (χ2n) is 3.39. The van der Waals surface area contributed by atoms with E-state index in [9.17, 15) is 0 Å². The van der Waals surface area contributed by atoms with Crippen LogP contribution in [0.1, 0.15) is 39.0 Å². The van der Waals surface area contributed by atoms with Gasteiger partial charge in [-0.1, -0.05) is 25.5 Å². The lowest BCUT2D eigenvalue weighted by molar-refractivity contribution is 0.682. The molecule has 0 amide bonds. The fourth-order valence-electron chi connectivity index (χ4n) is 1.59. The fourth-order valence-corrected chi connectivity index (χ4v) is 1.94. The summed E-state index contributed by atoms with van der Waals surface area (Å²) in [6.45, 7) is 2.21. The first-order valence-electron chi connectivity index (χ1n) is 4.63. The van der Waals surface area contributed by atoms with E-state index in [1.165, 1.54) is 32.1 Å². The van der Waals surface area contributed by atoms with Crippen molar-refractivity contribution in [3.05, 3.63) is 12.2 Å². The van der Waals surface area contributed by atoms with Crippen molar-refractivity contribution in [2.45, 2.75) is 44.4 Å². The van der Waals surface area contributed by atoms with Crippen molar-refractivity contribution in [1.82, 2.24) is 0 Å². The summed E-state index contributed by atoms with van der Waals surface area (Å²) < 4.78 is 0. The highest BCUT2D eigenvalue weighted by Crippen LogP contribution is 2.30. The van der Waals surface area contributed by atoms with Gasteiger partial charge in [0.1, 0.15) is 0 Å². The minimum atomic E-state index is 0.450. The topological polar surface area (TPSA) is 0 Å². The van der Waals surface area contributed by atoms with Gasteiger partial charge < -0.3 is 0 Å². The molecule has 2 atom stereocenters. The van der Waals surface area contributed by atoms with E-state index in [1.807, 2.05) is 0 Å². The Morgan fingerprint density at radius 3 is 2.82 bits per heavy atom. The Kier molecular flexibility index (Phi) is 3.99. The van der Waals surface area contributed by atoms with Crippen molar-refractivity contribution in [1.29, 1.82) is 0 Å². The number of allylic oxidation sites excluding steroid dienone is 2. The van der Waals surface area contributed by atoms with E-state index in [-0.39, 0.29) is 0 Å². The molecule has 0 bridgehead atoms. The summed E-state index contributed by atoms with van der Waals surface area (Å²) in [6.07, 6.45) is 10.8. The highest BCUT2D eigenvalue weighted by atomic mass is 35.5. The third kappa shape index (κ3) is 3.29. The molecule has 1 saturated carbocycles. The van der Waals surface area contributed by atoms with Gasteiger partial charge in [-0.15, -0.1) is 11.6 Å². The number of rotatable bonds is 3. The predicted molar refractivity (Wildman–Crippen MR) is 51.0 cm³/mol. The maximum Gasteiger partial charge on any atom is 0.0341 e. The van der Waals surface area contributed by atoms with E-state index in [1.54, 1.807) is 0 Å². The molecule has 1 unspecified atom stereocenters. The Morgan fingerprint density at radius 1 is 1.45 bits per heavy atom. The van der Waals surface area contributed by atoms with Crippen LogP contribution in [0.3, 0.4) is 0 Å². The molecular formula is C10H17Cl. The molecule has 0 N–H and O–H groups in total. The van der Waals surface area contributed by atoms with E-state index >= 15 is 0 Å². The maximum atomic E-state index is 5.99. The average Bonchev–Trinajstić information content (AvgIpc) is 2.37. The largest absolute Gasteiger partial charge is 0.123 e. The lowest BCUT2D eigenvalue weighted by Crippen LogP contribution is -1.90. The maximum absolute atomic E-state index is 5.99. The Labute approximate surface area is 74.6 Å². The monoisotopic (exact) mass is 172 g/mol. The summed E-state index contributed by atoms with van der Waals surface area (Å²) in [6, 6.07) is 0. The van der Waals surface area contributed by atoms with Crippen LogP contribution in [0.25, 0.3) is 0 Å². The molecule has 0 saturated heterocycles. The lowest BCUT2D eigenvalue weighted by Gasteiger charge is -1.99. The van der Waals surface area contributed by atoms with E-state index in [2.05, 4.69) is 19.1 Å². The van der Waals surface area contributed by atoms with Gasteiger partial charge in [0.2, 0.25) is 0 Å². The number of halogens is 1. The molecule has 11 heavy (non-hydrogen) atoms. The number of unbranched alkanes of at least 4 members (excludes halogenated alkanes) is 1. The molecule has 0 aromatic carbocycles. The highest BCUT2D eigenvalue weighted by Gasteiger charge is 2.19. The molecule has 64 valence electrons. The number of hydrogen-bond donors (Lipinski definition) is 0. The SMILES string of the molecule is CCC/C=C/C1CC[C@@H](Cl)C1. The molecule has 0 nitrogen and oxygen atoms in total. The molecule has 0 radical (unpaired) electrons. The van der Waals surface area contributed by atoms with Gasteiger partial charge in [-0.3, -0.25) is 0 Å². The fraction of sp³-hybridized carbons (Fsp3) is 0.800. The summed E-state index contributed by atoms with van der Waals surface area (Å²) in [5, 5.41) is 0.450. The first kappa shape index (κ1) is 9.12. The van der Waals surface area contributed by atoms with Crippen LogP contribution in [-0.4, -0.2) is 5.38 Å². The zero-order chi connectivity index (χ0) is 8.10. The molecule has 1 aliphatic carbocycles. The minimum Gasteiger partial charge on any atom is -0.123 e. The Hall–Kier alpha value is 0.0300. The van der Waals surface area contributed by atoms with Gasteiger partial charge in [-0.05, 0) is 31.6 Å². The van der Waals surface area contributed by atoms with Crippen LogP contribution >= 0.6 is 11.6 Å². The highest BCUT2D eigenvalue weighted by molar-refractivity contribution is 6.20. The average molecular weight is 173 g/mol. The molecular weight excluding hydrogens is 156 g/mol. The summed E-state index contributed by atoms with van der Waals surface area (Å²) in [7, 11) is 0. The first-order chi connectivity index (χ1) is 5.33. The molecule has 1 heteroatoms. The zero-order valence-corrected chi connectivity index (χ0v) is 7.98. The second-order valence-corrected chi connectivity index (χ2v) is 4.00. The molecule has 0 aromatic heterocycles. The van der Waals surface area contributed by atoms with Crippen molar-refractivity contribution in [3.63, 3.8) is 0 Å². The molecule has 1 aliphatic rings. The molecule has 0 aliphatic heterocycles. The number of hydrogen-bond acceptors (Lipinski definition) is 0. The van der Waals surface area contributed by atoms with Crippen molar-refractivity contribution >= 4 is 11.6 Å². The van der Waals surface area contributed by atoms with Crippen LogP contribution in [0, 0.1) is 5.92 Å². The lowest BCUT2D eigenvalue weighted by atomic mass is 10.1. The number of alkyl halides is 1. The van der Waals surface area contributed by atoms with Crippen molar-refractivity contribution in [2.24, 2.45) is 5.92 Å². The van der Waals surface area contributed by atoms with Gasteiger partial charge in [0.25, 0.3) is 0 Å².